The number of nitriles is 1. The first-order valence-corrected chi connectivity index (χ1v) is 6.61. The highest BCUT2D eigenvalue weighted by Gasteiger charge is 2.32. The van der Waals surface area contributed by atoms with Crippen LogP contribution >= 0.6 is 0 Å². The fourth-order valence-corrected chi connectivity index (χ4v) is 1.68. The smallest absolute Gasteiger partial charge is 0.422 e. The monoisotopic (exact) mass is 378 g/mol. The lowest BCUT2D eigenvalue weighted by molar-refractivity contribution is -0.153. The Morgan fingerprint density at radius 1 is 1.27 bits per heavy atom. The van der Waals surface area contributed by atoms with Gasteiger partial charge in [-0.25, -0.2) is 0 Å². The normalized spacial score (nSPS) is 12.6. The van der Waals surface area contributed by atoms with Crippen molar-refractivity contribution >= 4 is 11.3 Å². The number of tetrazole rings is 1. The molecule has 2 rings (SSSR count). The molecule has 1 aromatic carbocycles. The number of allylic oxidation sites excluding steroid dienone is 1. The molecule has 0 aliphatic carbocycles. The number of anilines is 1. The van der Waals surface area contributed by atoms with Crippen molar-refractivity contribution in [2.75, 3.05) is 11.9 Å². The van der Waals surface area contributed by atoms with Crippen LogP contribution in [0.3, 0.4) is 0 Å². The van der Waals surface area contributed by atoms with E-state index >= 15 is 0 Å². The summed E-state index contributed by atoms with van der Waals surface area (Å²) in [6.07, 6.45) is -8.49. The van der Waals surface area contributed by atoms with Crippen LogP contribution in [-0.2, 0) is 6.18 Å². The lowest BCUT2D eigenvalue weighted by Crippen LogP contribution is -2.19. The van der Waals surface area contributed by atoms with Crippen molar-refractivity contribution in [3.05, 3.63) is 35.8 Å². The predicted octanol–water partition coefficient (Wildman–Crippen LogP) is 3.14. The van der Waals surface area contributed by atoms with E-state index in [1.165, 1.54) is 0 Å². The second-order valence-corrected chi connectivity index (χ2v) is 4.66. The van der Waals surface area contributed by atoms with Gasteiger partial charge in [-0.15, -0.1) is 10.2 Å². The number of ether oxygens (including phenoxy) is 1. The zero-order valence-corrected chi connectivity index (χ0v) is 12.5. The number of hydrogen-bond acceptors (Lipinski definition) is 6. The Labute approximate surface area is 141 Å². The summed E-state index contributed by atoms with van der Waals surface area (Å²) in [7, 11) is 0. The van der Waals surface area contributed by atoms with Crippen LogP contribution in [0.1, 0.15) is 11.4 Å². The third-order valence-corrected chi connectivity index (χ3v) is 2.78. The highest BCUT2D eigenvalue weighted by atomic mass is 19.4. The molecule has 0 saturated heterocycles. The van der Waals surface area contributed by atoms with Gasteiger partial charge in [-0.3, -0.25) is 0 Å². The topological polar surface area (TPSA) is 99.5 Å². The van der Waals surface area contributed by atoms with Gasteiger partial charge in [0.25, 0.3) is 0 Å². The van der Waals surface area contributed by atoms with E-state index in [2.05, 4.69) is 30.7 Å². The fourth-order valence-electron chi connectivity index (χ4n) is 1.68. The molecule has 2 N–H and O–H groups in total. The Bertz CT molecular complexity index is 821. The van der Waals surface area contributed by atoms with Crippen LogP contribution in [0.15, 0.2) is 24.4 Å². The molecule has 13 heteroatoms. The number of nitrogens with one attached hydrogen (secondary N) is 2. The SMILES string of the molecule is N#CC(=CNc1cc(C(F)(F)F)ccc1OCC(F)(F)F)c1nn[nH]n1. The molecule has 0 unspecified atom stereocenters. The third kappa shape index (κ3) is 5.10. The van der Waals surface area contributed by atoms with Crippen LogP contribution in [0.4, 0.5) is 32.0 Å². The Kier molecular flexibility index (Phi) is 5.34. The summed E-state index contributed by atoms with van der Waals surface area (Å²) in [6, 6.07) is 3.53. The van der Waals surface area contributed by atoms with E-state index in [-0.39, 0.29) is 11.4 Å². The van der Waals surface area contributed by atoms with E-state index in [0.717, 1.165) is 12.3 Å². The number of rotatable bonds is 5. The van der Waals surface area contributed by atoms with Crippen molar-refractivity contribution in [1.29, 1.82) is 5.26 Å². The lowest BCUT2D eigenvalue weighted by atomic mass is 10.1. The first kappa shape index (κ1) is 19.0. The number of aromatic nitrogens is 4. The quantitative estimate of drug-likeness (QED) is 0.613. The molecule has 0 spiro atoms. The molecule has 7 nitrogen and oxygen atoms in total. The van der Waals surface area contributed by atoms with Gasteiger partial charge >= 0.3 is 12.4 Å². The van der Waals surface area contributed by atoms with Gasteiger partial charge in [0.2, 0.25) is 5.82 Å². The molecular weight excluding hydrogens is 370 g/mol. The van der Waals surface area contributed by atoms with E-state index in [9.17, 15) is 26.3 Å². The van der Waals surface area contributed by atoms with E-state index in [4.69, 9.17) is 5.26 Å². The maximum absolute atomic E-state index is 12.8. The number of benzene rings is 1. The number of aromatic amines is 1. The maximum Gasteiger partial charge on any atom is 0.422 e. The summed E-state index contributed by atoms with van der Waals surface area (Å²) < 4.78 is 79.8. The summed E-state index contributed by atoms with van der Waals surface area (Å²) in [5.74, 6) is -0.651. The average Bonchev–Trinajstić information content (AvgIpc) is 3.06. The van der Waals surface area contributed by atoms with Crippen molar-refractivity contribution in [2.45, 2.75) is 12.4 Å². The maximum atomic E-state index is 12.8. The highest BCUT2D eigenvalue weighted by Crippen LogP contribution is 2.35. The molecule has 0 aliphatic heterocycles. The fraction of sp³-hybridized carbons (Fsp3) is 0.231. The summed E-state index contributed by atoms with van der Waals surface area (Å²) in [6.45, 7) is -1.70. The van der Waals surface area contributed by atoms with Crippen LogP contribution in [0.5, 0.6) is 5.75 Å². The summed E-state index contributed by atoms with van der Waals surface area (Å²) in [5, 5.41) is 23.6. The zero-order valence-electron chi connectivity index (χ0n) is 12.5. The van der Waals surface area contributed by atoms with Crippen molar-refractivity contribution in [3.8, 4) is 11.8 Å². The second kappa shape index (κ2) is 7.30. The van der Waals surface area contributed by atoms with Gasteiger partial charge in [-0.2, -0.15) is 36.8 Å². The third-order valence-electron chi connectivity index (χ3n) is 2.78. The lowest BCUT2D eigenvalue weighted by Gasteiger charge is -2.15. The average molecular weight is 378 g/mol. The summed E-state index contributed by atoms with van der Waals surface area (Å²) in [5.41, 5.74) is -1.77. The van der Waals surface area contributed by atoms with Gasteiger partial charge in [0.15, 0.2) is 6.61 Å². The van der Waals surface area contributed by atoms with Gasteiger partial charge in [-0.1, -0.05) is 0 Å². The van der Waals surface area contributed by atoms with E-state index in [1.54, 1.807) is 6.07 Å². The Balaban J connectivity index is 2.34. The minimum absolute atomic E-state index is 0.162. The molecule has 0 amide bonds. The van der Waals surface area contributed by atoms with Gasteiger partial charge in [0, 0.05) is 6.20 Å². The van der Waals surface area contributed by atoms with Crippen molar-refractivity contribution in [3.63, 3.8) is 0 Å². The van der Waals surface area contributed by atoms with E-state index < -0.39 is 36.0 Å². The van der Waals surface area contributed by atoms with Gasteiger partial charge in [0.05, 0.1) is 11.3 Å². The summed E-state index contributed by atoms with van der Waals surface area (Å²) in [4.78, 5) is 0. The highest BCUT2D eigenvalue weighted by molar-refractivity contribution is 5.75. The predicted molar refractivity (Wildman–Crippen MR) is 74.4 cm³/mol. The molecule has 1 heterocycles. The first-order chi connectivity index (χ1) is 12.1. The molecule has 0 bridgehead atoms. The number of alkyl halides is 6. The standard InChI is InChI=1S/C13H8F6N6O/c14-12(15,16)6-26-10-2-1-8(13(17,18)19)3-9(10)21-5-7(4-20)11-22-24-25-23-11/h1-3,5,21H,6H2,(H,22,23,24,25). The molecule has 0 aliphatic rings. The van der Waals surface area contributed by atoms with Gasteiger partial charge in [0.1, 0.15) is 17.4 Å². The minimum Gasteiger partial charge on any atom is -0.482 e. The molecule has 26 heavy (non-hydrogen) atoms. The van der Waals surface area contributed by atoms with Gasteiger partial charge < -0.3 is 10.1 Å². The van der Waals surface area contributed by atoms with E-state index in [0.29, 0.717) is 12.1 Å². The molecule has 2 aromatic rings. The van der Waals surface area contributed by atoms with Crippen LogP contribution < -0.4 is 10.1 Å². The largest absolute Gasteiger partial charge is 0.482 e. The summed E-state index contributed by atoms with van der Waals surface area (Å²) >= 11 is 0. The molecule has 0 saturated carbocycles. The Morgan fingerprint density at radius 3 is 2.54 bits per heavy atom. The molecule has 0 radical (unpaired) electrons. The van der Waals surface area contributed by atoms with E-state index in [1.807, 2.05) is 0 Å². The molecule has 138 valence electrons. The molecule has 0 atom stereocenters. The Hall–Kier alpha value is -3.30. The molecule has 1 aromatic heterocycles. The second-order valence-electron chi connectivity index (χ2n) is 4.66. The van der Waals surface area contributed by atoms with Gasteiger partial charge in [-0.05, 0) is 23.4 Å². The van der Waals surface area contributed by atoms with Crippen LogP contribution in [0.2, 0.25) is 0 Å². The van der Waals surface area contributed by atoms with Crippen LogP contribution in [0, 0.1) is 11.3 Å². The van der Waals surface area contributed by atoms with Crippen molar-refractivity contribution in [2.24, 2.45) is 0 Å². The first-order valence-electron chi connectivity index (χ1n) is 6.61. The molecule has 0 fully saturated rings. The minimum atomic E-state index is -4.73. The zero-order chi connectivity index (χ0) is 19.4. The van der Waals surface area contributed by atoms with Crippen LogP contribution in [-0.4, -0.2) is 33.4 Å². The van der Waals surface area contributed by atoms with Crippen molar-refractivity contribution in [1.82, 2.24) is 20.6 Å². The van der Waals surface area contributed by atoms with Crippen LogP contribution in [0.25, 0.3) is 5.57 Å². The Morgan fingerprint density at radius 2 is 2.00 bits per heavy atom. The van der Waals surface area contributed by atoms with Crippen molar-refractivity contribution < 1.29 is 31.1 Å². The number of hydrogen-bond donors (Lipinski definition) is 2. The number of halogens is 6. The number of H-pyrrole nitrogens is 1. The molecular formula is C13H8F6N6O. The number of nitrogens with zero attached hydrogens (tertiary/aromatic N) is 4.